The van der Waals surface area contributed by atoms with Crippen molar-refractivity contribution in [2.24, 2.45) is 5.92 Å². The van der Waals surface area contributed by atoms with Gasteiger partial charge in [-0.05, 0) is 12.3 Å². The summed E-state index contributed by atoms with van der Waals surface area (Å²) >= 11 is 5.73. The summed E-state index contributed by atoms with van der Waals surface area (Å²) in [6.07, 6.45) is 8.32. The number of carbonyl (C=O) groups excluding carboxylic acids is 1. The molecule has 1 aliphatic rings. The van der Waals surface area contributed by atoms with Crippen molar-refractivity contribution in [2.45, 2.75) is 43.9 Å². The number of carbonyl (C=O) groups is 1. The molecule has 1 nitrogen and oxygen atoms in total. The Bertz CT molecular complexity index is 119. The van der Waals surface area contributed by atoms with Crippen LogP contribution in [0.2, 0.25) is 0 Å². The fourth-order valence-electron chi connectivity index (χ4n) is 1.80. The molecule has 0 spiro atoms. The predicted octanol–water partition coefficient (Wildman–Crippen LogP) is 2.76. The van der Waals surface area contributed by atoms with Gasteiger partial charge in [-0.1, -0.05) is 32.1 Å². The number of hydrogen-bond acceptors (Lipinski definition) is 1. The maximum absolute atomic E-state index is 10.2. The molecule has 0 N–H and O–H groups in total. The highest BCUT2D eigenvalue weighted by molar-refractivity contribution is 6.27. The van der Waals surface area contributed by atoms with Crippen molar-refractivity contribution in [1.82, 2.24) is 0 Å². The third-order valence-corrected chi connectivity index (χ3v) is 2.71. The van der Waals surface area contributed by atoms with Crippen LogP contribution in [-0.4, -0.2) is 11.7 Å². The van der Waals surface area contributed by atoms with E-state index < -0.39 is 0 Å². The van der Waals surface area contributed by atoms with E-state index in [4.69, 9.17) is 11.6 Å². The highest BCUT2D eigenvalue weighted by Crippen LogP contribution is 2.27. The van der Waals surface area contributed by atoms with Gasteiger partial charge in [-0.3, -0.25) is 0 Å². The van der Waals surface area contributed by atoms with E-state index in [1.165, 1.54) is 32.1 Å². The highest BCUT2D eigenvalue weighted by atomic mass is 35.5. The van der Waals surface area contributed by atoms with Crippen molar-refractivity contribution in [3.63, 3.8) is 0 Å². The third kappa shape index (κ3) is 3.24. The molecule has 0 amide bonds. The quantitative estimate of drug-likeness (QED) is 0.475. The minimum atomic E-state index is -0.238. The summed E-state index contributed by atoms with van der Waals surface area (Å²) in [6, 6.07) is 0. The third-order valence-electron chi connectivity index (χ3n) is 2.43. The topological polar surface area (TPSA) is 17.1 Å². The maximum Gasteiger partial charge on any atom is 0.137 e. The van der Waals surface area contributed by atoms with Gasteiger partial charge in [0.05, 0.1) is 5.38 Å². The lowest BCUT2D eigenvalue weighted by Gasteiger charge is -2.21. The average Bonchev–Trinajstić information content (AvgIpc) is 2.06. The SMILES string of the molecule is O=CC(Cl)CC1CCCCC1. The minimum absolute atomic E-state index is 0.238. The molecule has 11 heavy (non-hydrogen) atoms. The molecule has 2 heteroatoms. The van der Waals surface area contributed by atoms with E-state index in [9.17, 15) is 4.79 Å². The molecule has 64 valence electrons. The Morgan fingerprint density at radius 1 is 1.36 bits per heavy atom. The Kier molecular flexibility index (Phi) is 3.92. The van der Waals surface area contributed by atoms with Crippen molar-refractivity contribution in [3.8, 4) is 0 Å². The molecule has 0 bridgehead atoms. The molecule has 0 heterocycles. The van der Waals surface area contributed by atoms with E-state index in [1.807, 2.05) is 0 Å². The van der Waals surface area contributed by atoms with Crippen LogP contribution in [0.15, 0.2) is 0 Å². The lowest BCUT2D eigenvalue weighted by atomic mass is 9.86. The van der Waals surface area contributed by atoms with Crippen LogP contribution in [0.1, 0.15) is 38.5 Å². The fraction of sp³-hybridized carbons (Fsp3) is 0.889. The molecule has 0 radical (unpaired) electrons. The largest absolute Gasteiger partial charge is 0.302 e. The lowest BCUT2D eigenvalue weighted by Crippen LogP contribution is -2.12. The van der Waals surface area contributed by atoms with E-state index >= 15 is 0 Å². The first-order valence-corrected chi connectivity index (χ1v) is 4.86. The second-order valence-electron chi connectivity index (χ2n) is 3.39. The van der Waals surface area contributed by atoms with E-state index in [2.05, 4.69) is 0 Å². The predicted molar refractivity (Wildman–Crippen MR) is 46.9 cm³/mol. The van der Waals surface area contributed by atoms with E-state index in [0.717, 1.165) is 18.6 Å². The summed E-state index contributed by atoms with van der Waals surface area (Å²) in [7, 11) is 0. The van der Waals surface area contributed by atoms with Crippen LogP contribution in [0.5, 0.6) is 0 Å². The first-order chi connectivity index (χ1) is 5.33. The molecule has 1 saturated carbocycles. The number of halogens is 1. The van der Waals surface area contributed by atoms with Gasteiger partial charge >= 0.3 is 0 Å². The van der Waals surface area contributed by atoms with Gasteiger partial charge in [0.25, 0.3) is 0 Å². The van der Waals surface area contributed by atoms with Crippen LogP contribution >= 0.6 is 11.6 Å². The minimum Gasteiger partial charge on any atom is -0.302 e. The van der Waals surface area contributed by atoms with Gasteiger partial charge in [0.15, 0.2) is 0 Å². The van der Waals surface area contributed by atoms with Crippen LogP contribution < -0.4 is 0 Å². The van der Waals surface area contributed by atoms with Crippen molar-refractivity contribution in [1.29, 1.82) is 0 Å². The Morgan fingerprint density at radius 3 is 2.55 bits per heavy atom. The van der Waals surface area contributed by atoms with Crippen LogP contribution in [-0.2, 0) is 4.79 Å². The maximum atomic E-state index is 10.2. The van der Waals surface area contributed by atoms with Gasteiger partial charge in [-0.25, -0.2) is 0 Å². The fourth-order valence-corrected chi connectivity index (χ4v) is 2.05. The van der Waals surface area contributed by atoms with E-state index in [-0.39, 0.29) is 5.38 Å². The van der Waals surface area contributed by atoms with Gasteiger partial charge in [0.2, 0.25) is 0 Å². The monoisotopic (exact) mass is 174 g/mol. The molecule has 1 unspecified atom stereocenters. The first-order valence-electron chi connectivity index (χ1n) is 4.42. The summed E-state index contributed by atoms with van der Waals surface area (Å²) in [4.78, 5) is 10.2. The summed E-state index contributed by atoms with van der Waals surface area (Å²) in [5, 5.41) is -0.238. The number of hydrogen-bond donors (Lipinski definition) is 0. The van der Waals surface area contributed by atoms with Gasteiger partial charge in [-0.2, -0.15) is 0 Å². The summed E-state index contributed by atoms with van der Waals surface area (Å²) in [5.74, 6) is 0.719. The van der Waals surface area contributed by atoms with Crippen LogP contribution in [0.3, 0.4) is 0 Å². The molecule has 0 aliphatic heterocycles. The molecular weight excluding hydrogens is 160 g/mol. The molecule has 1 rings (SSSR count). The van der Waals surface area contributed by atoms with Crippen molar-refractivity contribution >= 4 is 17.9 Å². The lowest BCUT2D eigenvalue weighted by molar-refractivity contribution is -0.107. The summed E-state index contributed by atoms with van der Waals surface area (Å²) < 4.78 is 0. The van der Waals surface area contributed by atoms with Crippen LogP contribution in [0, 0.1) is 5.92 Å². The van der Waals surface area contributed by atoms with Gasteiger partial charge in [0.1, 0.15) is 6.29 Å². The smallest absolute Gasteiger partial charge is 0.137 e. The number of rotatable bonds is 3. The molecule has 0 aromatic heterocycles. The standard InChI is InChI=1S/C9H15ClO/c10-9(7-11)6-8-4-2-1-3-5-8/h7-9H,1-6H2. The van der Waals surface area contributed by atoms with E-state index in [0.29, 0.717) is 0 Å². The second kappa shape index (κ2) is 4.76. The Morgan fingerprint density at radius 2 is 2.00 bits per heavy atom. The van der Waals surface area contributed by atoms with Crippen molar-refractivity contribution in [2.75, 3.05) is 0 Å². The zero-order valence-electron chi connectivity index (χ0n) is 6.76. The van der Waals surface area contributed by atoms with Gasteiger partial charge in [0, 0.05) is 0 Å². The average molecular weight is 175 g/mol. The zero-order valence-corrected chi connectivity index (χ0v) is 7.52. The molecular formula is C9H15ClO. The van der Waals surface area contributed by atoms with E-state index in [1.54, 1.807) is 0 Å². The Hall–Kier alpha value is -0.0400. The van der Waals surface area contributed by atoms with Crippen LogP contribution in [0.4, 0.5) is 0 Å². The van der Waals surface area contributed by atoms with Crippen molar-refractivity contribution < 1.29 is 4.79 Å². The summed E-state index contributed by atoms with van der Waals surface area (Å²) in [6.45, 7) is 0. The molecule has 1 atom stereocenters. The number of alkyl halides is 1. The molecule has 1 fully saturated rings. The highest BCUT2D eigenvalue weighted by Gasteiger charge is 2.16. The van der Waals surface area contributed by atoms with Crippen molar-refractivity contribution in [3.05, 3.63) is 0 Å². The molecule has 1 aliphatic carbocycles. The molecule has 0 saturated heterocycles. The van der Waals surface area contributed by atoms with Gasteiger partial charge in [-0.15, -0.1) is 11.6 Å². The van der Waals surface area contributed by atoms with Gasteiger partial charge < -0.3 is 4.79 Å². The number of aldehydes is 1. The Labute approximate surface area is 73.1 Å². The first kappa shape index (κ1) is 9.05. The Balaban J connectivity index is 2.18. The molecule has 0 aromatic rings. The molecule has 0 aromatic carbocycles. The summed E-state index contributed by atoms with van der Waals surface area (Å²) in [5.41, 5.74) is 0. The normalized spacial score (nSPS) is 23.0. The van der Waals surface area contributed by atoms with Crippen LogP contribution in [0.25, 0.3) is 0 Å². The zero-order chi connectivity index (χ0) is 8.10. The second-order valence-corrected chi connectivity index (χ2v) is 3.95.